The van der Waals surface area contributed by atoms with Gasteiger partial charge in [0.15, 0.2) is 13.2 Å². The van der Waals surface area contributed by atoms with Crippen LogP contribution >= 0.6 is 0 Å². The summed E-state index contributed by atoms with van der Waals surface area (Å²) in [6.07, 6.45) is 0. The molecule has 1 N–H and O–H groups in total. The van der Waals surface area contributed by atoms with Crippen LogP contribution in [0.1, 0.15) is 25.3 Å². The van der Waals surface area contributed by atoms with E-state index in [0.717, 1.165) is 0 Å². The lowest BCUT2D eigenvalue weighted by atomic mass is 10.0. The van der Waals surface area contributed by atoms with E-state index in [1.54, 1.807) is 25.2 Å². The van der Waals surface area contributed by atoms with Crippen molar-refractivity contribution < 1.29 is 19.1 Å². The Morgan fingerprint density at radius 3 is 2.65 bits per heavy atom. The highest BCUT2D eigenvalue weighted by atomic mass is 16.5. The summed E-state index contributed by atoms with van der Waals surface area (Å²) in [5, 5.41) is 2.77. The zero-order chi connectivity index (χ0) is 18.7. The summed E-state index contributed by atoms with van der Waals surface area (Å²) in [5.74, 6) is 1.31. The van der Waals surface area contributed by atoms with Gasteiger partial charge in [0.25, 0.3) is 11.8 Å². The number of carbonyl (C=O) groups is 2. The molecule has 0 saturated carbocycles. The fraction of sp³-hybridized carbons (Fsp3) is 0.300. The second-order valence-corrected chi connectivity index (χ2v) is 6.48. The molecule has 26 heavy (non-hydrogen) atoms. The van der Waals surface area contributed by atoms with Gasteiger partial charge in [-0.15, -0.1) is 0 Å². The van der Waals surface area contributed by atoms with E-state index in [1.165, 1.54) is 10.5 Å². The van der Waals surface area contributed by atoms with Gasteiger partial charge in [0.05, 0.1) is 5.69 Å². The molecule has 1 aliphatic heterocycles. The van der Waals surface area contributed by atoms with E-state index in [-0.39, 0.29) is 25.0 Å². The number of fused-ring (bicyclic) bond motifs is 1. The fourth-order valence-electron chi connectivity index (χ4n) is 2.64. The molecule has 6 nitrogen and oxygen atoms in total. The van der Waals surface area contributed by atoms with Crippen molar-refractivity contribution in [3.63, 3.8) is 0 Å². The largest absolute Gasteiger partial charge is 0.484 e. The Bertz CT molecular complexity index is 815. The second-order valence-electron chi connectivity index (χ2n) is 6.48. The van der Waals surface area contributed by atoms with Crippen molar-refractivity contribution in [3.05, 3.63) is 48.0 Å². The van der Waals surface area contributed by atoms with Gasteiger partial charge in [-0.1, -0.05) is 26.0 Å². The van der Waals surface area contributed by atoms with Crippen LogP contribution in [0.2, 0.25) is 0 Å². The highest BCUT2D eigenvalue weighted by Crippen LogP contribution is 2.33. The predicted molar refractivity (Wildman–Crippen MR) is 100 cm³/mol. The normalized spacial score (nSPS) is 13.2. The molecule has 0 radical (unpaired) electrons. The average Bonchev–Trinajstić information content (AvgIpc) is 2.64. The number of nitrogens with one attached hydrogen (secondary N) is 1. The van der Waals surface area contributed by atoms with E-state index in [1.807, 2.05) is 24.3 Å². The van der Waals surface area contributed by atoms with Crippen LogP contribution in [-0.4, -0.2) is 32.1 Å². The van der Waals surface area contributed by atoms with Crippen LogP contribution in [0.25, 0.3) is 0 Å². The first kappa shape index (κ1) is 17.8. The van der Waals surface area contributed by atoms with Crippen molar-refractivity contribution >= 4 is 23.2 Å². The topological polar surface area (TPSA) is 67.9 Å². The standard InChI is InChI=1S/C20H22N2O4/c1-13(2)14-4-7-16(8-5-14)25-11-19(23)21-15-6-9-18-17(10-15)22(3)20(24)12-26-18/h4-10,13H,11-12H2,1-3H3,(H,21,23). The second kappa shape index (κ2) is 7.47. The summed E-state index contributed by atoms with van der Waals surface area (Å²) in [6.45, 7) is 4.18. The van der Waals surface area contributed by atoms with Crippen molar-refractivity contribution in [3.8, 4) is 11.5 Å². The van der Waals surface area contributed by atoms with Gasteiger partial charge in [0.1, 0.15) is 11.5 Å². The van der Waals surface area contributed by atoms with Crippen molar-refractivity contribution in [2.45, 2.75) is 19.8 Å². The van der Waals surface area contributed by atoms with Gasteiger partial charge in [-0.2, -0.15) is 0 Å². The molecule has 0 atom stereocenters. The van der Waals surface area contributed by atoms with Crippen LogP contribution in [0.4, 0.5) is 11.4 Å². The molecule has 0 bridgehead atoms. The molecule has 0 aromatic heterocycles. The lowest BCUT2D eigenvalue weighted by Gasteiger charge is -2.26. The first-order chi connectivity index (χ1) is 12.4. The number of ether oxygens (including phenoxy) is 2. The van der Waals surface area contributed by atoms with Crippen LogP contribution in [0.15, 0.2) is 42.5 Å². The molecule has 0 saturated heterocycles. The van der Waals surface area contributed by atoms with E-state index in [0.29, 0.717) is 28.8 Å². The fourth-order valence-corrected chi connectivity index (χ4v) is 2.64. The number of benzene rings is 2. The Hall–Kier alpha value is -3.02. The smallest absolute Gasteiger partial charge is 0.264 e. The molecule has 0 fully saturated rings. The summed E-state index contributed by atoms with van der Waals surface area (Å²) in [6, 6.07) is 12.9. The van der Waals surface area contributed by atoms with Gasteiger partial charge in [-0.3, -0.25) is 9.59 Å². The van der Waals surface area contributed by atoms with Gasteiger partial charge in [0, 0.05) is 12.7 Å². The van der Waals surface area contributed by atoms with E-state index >= 15 is 0 Å². The van der Waals surface area contributed by atoms with E-state index in [9.17, 15) is 9.59 Å². The third-order valence-corrected chi connectivity index (χ3v) is 4.25. The Morgan fingerprint density at radius 2 is 1.96 bits per heavy atom. The Balaban J connectivity index is 1.59. The summed E-state index contributed by atoms with van der Waals surface area (Å²) >= 11 is 0. The number of likely N-dealkylation sites (N-methyl/N-ethyl adjacent to an activating group) is 1. The highest BCUT2D eigenvalue weighted by Gasteiger charge is 2.22. The molecular weight excluding hydrogens is 332 g/mol. The SMILES string of the molecule is CC(C)c1ccc(OCC(=O)Nc2ccc3c(c2)N(C)C(=O)CO3)cc1. The van der Waals surface area contributed by atoms with Gasteiger partial charge in [-0.25, -0.2) is 0 Å². The van der Waals surface area contributed by atoms with Crippen LogP contribution in [0, 0.1) is 0 Å². The van der Waals surface area contributed by atoms with Gasteiger partial charge >= 0.3 is 0 Å². The van der Waals surface area contributed by atoms with Crippen molar-refractivity contribution in [2.75, 3.05) is 30.5 Å². The maximum atomic E-state index is 12.1. The van der Waals surface area contributed by atoms with Crippen LogP contribution in [0.5, 0.6) is 11.5 Å². The highest BCUT2D eigenvalue weighted by molar-refractivity contribution is 5.99. The molecule has 0 spiro atoms. The first-order valence-electron chi connectivity index (χ1n) is 8.50. The summed E-state index contributed by atoms with van der Waals surface area (Å²) in [7, 11) is 1.68. The zero-order valence-corrected chi connectivity index (χ0v) is 15.1. The summed E-state index contributed by atoms with van der Waals surface area (Å²) in [5.41, 5.74) is 2.43. The Kier molecular flexibility index (Phi) is 5.11. The van der Waals surface area contributed by atoms with Gasteiger partial charge in [-0.05, 0) is 41.8 Å². The molecule has 2 amide bonds. The van der Waals surface area contributed by atoms with E-state index in [4.69, 9.17) is 9.47 Å². The number of anilines is 2. The lowest BCUT2D eigenvalue weighted by Crippen LogP contribution is -2.35. The quantitative estimate of drug-likeness (QED) is 0.895. The molecular formula is C20H22N2O4. The van der Waals surface area contributed by atoms with Crippen LogP contribution < -0.4 is 19.7 Å². The minimum absolute atomic E-state index is 0.0264. The molecule has 136 valence electrons. The number of nitrogens with zero attached hydrogens (tertiary/aromatic N) is 1. The number of amides is 2. The maximum Gasteiger partial charge on any atom is 0.264 e. The monoisotopic (exact) mass is 354 g/mol. The minimum Gasteiger partial charge on any atom is -0.484 e. The van der Waals surface area contributed by atoms with Gasteiger partial charge < -0.3 is 19.7 Å². The van der Waals surface area contributed by atoms with E-state index < -0.39 is 0 Å². The minimum atomic E-state index is -0.274. The molecule has 2 aromatic carbocycles. The van der Waals surface area contributed by atoms with Crippen molar-refractivity contribution in [1.29, 1.82) is 0 Å². The molecule has 6 heteroatoms. The number of hydrogen-bond donors (Lipinski definition) is 1. The predicted octanol–water partition coefficient (Wildman–Crippen LogP) is 3.18. The Morgan fingerprint density at radius 1 is 1.23 bits per heavy atom. The first-order valence-corrected chi connectivity index (χ1v) is 8.50. The third kappa shape index (κ3) is 3.96. The van der Waals surface area contributed by atoms with E-state index in [2.05, 4.69) is 19.2 Å². The Labute approximate surface area is 152 Å². The molecule has 2 aromatic rings. The van der Waals surface area contributed by atoms with Crippen molar-refractivity contribution in [2.24, 2.45) is 0 Å². The molecule has 0 unspecified atom stereocenters. The molecule has 1 heterocycles. The number of hydrogen-bond acceptors (Lipinski definition) is 4. The van der Waals surface area contributed by atoms with Crippen LogP contribution in [-0.2, 0) is 9.59 Å². The summed E-state index contributed by atoms with van der Waals surface area (Å²) in [4.78, 5) is 25.4. The number of carbonyl (C=O) groups excluding carboxylic acids is 2. The zero-order valence-electron chi connectivity index (χ0n) is 15.1. The third-order valence-electron chi connectivity index (χ3n) is 4.25. The lowest BCUT2D eigenvalue weighted by molar-refractivity contribution is -0.121. The molecule has 3 rings (SSSR count). The van der Waals surface area contributed by atoms with Gasteiger partial charge in [0.2, 0.25) is 0 Å². The molecule has 1 aliphatic rings. The average molecular weight is 354 g/mol. The number of rotatable bonds is 5. The summed E-state index contributed by atoms with van der Waals surface area (Å²) < 4.78 is 10.9. The van der Waals surface area contributed by atoms with Crippen LogP contribution in [0.3, 0.4) is 0 Å². The maximum absolute atomic E-state index is 12.1. The molecule has 0 aliphatic carbocycles. The van der Waals surface area contributed by atoms with Crippen molar-refractivity contribution in [1.82, 2.24) is 0 Å².